The lowest BCUT2D eigenvalue weighted by atomic mass is 10.3. The SMILES string of the molecule is CN1CCN(c2nc(N)c(C=O)c(=O)[nH]2)CC1. The molecule has 1 aliphatic heterocycles. The van der Waals surface area contributed by atoms with Gasteiger partial charge in [0.25, 0.3) is 5.56 Å². The number of hydrogen-bond acceptors (Lipinski definition) is 6. The van der Waals surface area contributed by atoms with E-state index in [1.807, 2.05) is 11.9 Å². The second-order valence-corrected chi connectivity index (χ2v) is 4.10. The highest BCUT2D eigenvalue weighted by molar-refractivity contribution is 5.81. The van der Waals surface area contributed by atoms with E-state index < -0.39 is 5.56 Å². The van der Waals surface area contributed by atoms with Crippen molar-refractivity contribution in [1.29, 1.82) is 0 Å². The number of rotatable bonds is 2. The summed E-state index contributed by atoms with van der Waals surface area (Å²) in [5.74, 6) is 0.420. The number of H-pyrrole nitrogens is 1. The van der Waals surface area contributed by atoms with Crippen LogP contribution >= 0.6 is 0 Å². The molecule has 7 heteroatoms. The zero-order valence-electron chi connectivity index (χ0n) is 9.64. The summed E-state index contributed by atoms with van der Waals surface area (Å²) in [5.41, 5.74) is 4.97. The molecule has 92 valence electrons. The van der Waals surface area contributed by atoms with E-state index in [0.717, 1.165) is 26.2 Å². The number of nitrogens with zero attached hydrogens (tertiary/aromatic N) is 3. The van der Waals surface area contributed by atoms with E-state index in [9.17, 15) is 9.59 Å². The van der Waals surface area contributed by atoms with Crippen LogP contribution in [0.1, 0.15) is 10.4 Å². The summed E-state index contributed by atoms with van der Waals surface area (Å²) in [6.07, 6.45) is 0.426. The van der Waals surface area contributed by atoms with Crippen molar-refractivity contribution in [3.05, 3.63) is 15.9 Å². The van der Waals surface area contributed by atoms with Crippen molar-refractivity contribution in [2.24, 2.45) is 0 Å². The Morgan fingerprint density at radius 3 is 2.53 bits per heavy atom. The van der Waals surface area contributed by atoms with Crippen LogP contribution in [-0.2, 0) is 0 Å². The molecule has 3 N–H and O–H groups in total. The van der Waals surface area contributed by atoms with Crippen LogP contribution in [0.4, 0.5) is 11.8 Å². The number of hydrogen-bond donors (Lipinski definition) is 2. The van der Waals surface area contributed by atoms with Crippen molar-refractivity contribution in [3.8, 4) is 0 Å². The Morgan fingerprint density at radius 2 is 2.00 bits per heavy atom. The number of carbonyl (C=O) groups excluding carboxylic acids is 1. The van der Waals surface area contributed by atoms with Gasteiger partial charge in [-0.25, -0.2) is 0 Å². The fourth-order valence-electron chi connectivity index (χ4n) is 1.77. The lowest BCUT2D eigenvalue weighted by Gasteiger charge is -2.32. The Bertz CT molecular complexity index is 476. The normalized spacial score (nSPS) is 17.1. The fourth-order valence-corrected chi connectivity index (χ4v) is 1.77. The first-order chi connectivity index (χ1) is 8.11. The van der Waals surface area contributed by atoms with Gasteiger partial charge in [-0.2, -0.15) is 4.98 Å². The largest absolute Gasteiger partial charge is 0.383 e. The molecular weight excluding hydrogens is 222 g/mol. The predicted molar refractivity (Wildman–Crippen MR) is 64.4 cm³/mol. The van der Waals surface area contributed by atoms with E-state index in [1.54, 1.807) is 0 Å². The zero-order valence-corrected chi connectivity index (χ0v) is 9.64. The Balaban J connectivity index is 2.28. The topological polar surface area (TPSA) is 95.3 Å². The standard InChI is InChI=1S/C10H15N5O2/c1-14-2-4-15(5-3-14)10-12-8(11)7(6-16)9(17)13-10/h6H,2-5H2,1H3,(H3,11,12,13,17). The number of aromatic amines is 1. The molecule has 17 heavy (non-hydrogen) atoms. The second kappa shape index (κ2) is 4.54. The molecule has 7 nitrogen and oxygen atoms in total. The number of nitrogens with one attached hydrogen (secondary N) is 1. The molecule has 0 unspecified atom stereocenters. The summed E-state index contributed by atoms with van der Waals surface area (Å²) < 4.78 is 0. The quantitative estimate of drug-likeness (QED) is 0.635. The summed E-state index contributed by atoms with van der Waals surface area (Å²) in [5, 5.41) is 0. The molecule has 1 aromatic rings. The number of likely N-dealkylation sites (N-methyl/N-ethyl adjacent to an activating group) is 1. The van der Waals surface area contributed by atoms with Crippen LogP contribution in [0.25, 0.3) is 0 Å². The molecule has 2 heterocycles. The molecular formula is C10H15N5O2. The molecule has 0 amide bonds. The lowest BCUT2D eigenvalue weighted by Crippen LogP contribution is -2.45. The van der Waals surface area contributed by atoms with Crippen LogP contribution in [0.15, 0.2) is 4.79 Å². The first-order valence-corrected chi connectivity index (χ1v) is 5.40. The third-order valence-corrected chi connectivity index (χ3v) is 2.89. The monoisotopic (exact) mass is 237 g/mol. The van der Waals surface area contributed by atoms with Gasteiger partial charge in [0, 0.05) is 26.2 Å². The van der Waals surface area contributed by atoms with Crippen LogP contribution in [0.5, 0.6) is 0 Å². The molecule has 0 radical (unpaired) electrons. The molecule has 0 atom stereocenters. The van der Waals surface area contributed by atoms with Crippen molar-refractivity contribution in [3.63, 3.8) is 0 Å². The maximum absolute atomic E-state index is 11.6. The first kappa shape index (κ1) is 11.6. The Labute approximate surface area is 98.2 Å². The molecule has 0 aromatic carbocycles. The van der Waals surface area contributed by atoms with Crippen LogP contribution in [0, 0.1) is 0 Å². The van der Waals surface area contributed by atoms with Crippen molar-refractivity contribution < 1.29 is 4.79 Å². The van der Waals surface area contributed by atoms with E-state index in [2.05, 4.69) is 14.9 Å². The van der Waals surface area contributed by atoms with Crippen molar-refractivity contribution in [2.75, 3.05) is 43.9 Å². The van der Waals surface area contributed by atoms with Crippen molar-refractivity contribution in [1.82, 2.24) is 14.9 Å². The van der Waals surface area contributed by atoms with E-state index in [-0.39, 0.29) is 11.4 Å². The fraction of sp³-hybridized carbons (Fsp3) is 0.500. The van der Waals surface area contributed by atoms with Gasteiger partial charge in [0.1, 0.15) is 11.4 Å². The molecule has 0 saturated carbocycles. The van der Waals surface area contributed by atoms with Crippen molar-refractivity contribution in [2.45, 2.75) is 0 Å². The summed E-state index contributed by atoms with van der Waals surface area (Å²) in [6.45, 7) is 3.36. The second-order valence-electron chi connectivity index (χ2n) is 4.10. The van der Waals surface area contributed by atoms with Gasteiger partial charge in [0.2, 0.25) is 5.95 Å². The molecule has 2 rings (SSSR count). The van der Waals surface area contributed by atoms with Crippen LogP contribution in [0.3, 0.4) is 0 Å². The summed E-state index contributed by atoms with van der Waals surface area (Å²) in [4.78, 5) is 32.9. The number of piperazine rings is 1. The molecule has 0 spiro atoms. The van der Waals surface area contributed by atoms with Crippen LogP contribution in [0.2, 0.25) is 0 Å². The predicted octanol–water partition coefficient (Wildman–Crippen LogP) is -1.08. The summed E-state index contributed by atoms with van der Waals surface area (Å²) in [6, 6.07) is 0. The van der Waals surface area contributed by atoms with Gasteiger partial charge >= 0.3 is 0 Å². The maximum Gasteiger partial charge on any atom is 0.265 e. The third-order valence-electron chi connectivity index (χ3n) is 2.89. The van der Waals surface area contributed by atoms with Gasteiger partial charge < -0.3 is 15.5 Å². The Morgan fingerprint density at radius 1 is 1.35 bits per heavy atom. The number of nitrogens with two attached hydrogens (primary N) is 1. The highest BCUT2D eigenvalue weighted by atomic mass is 16.1. The summed E-state index contributed by atoms with van der Waals surface area (Å²) >= 11 is 0. The third kappa shape index (κ3) is 2.28. The molecule has 1 aromatic heterocycles. The first-order valence-electron chi connectivity index (χ1n) is 5.40. The highest BCUT2D eigenvalue weighted by Crippen LogP contribution is 2.11. The molecule has 0 bridgehead atoms. The maximum atomic E-state index is 11.6. The van der Waals surface area contributed by atoms with Gasteiger partial charge in [-0.15, -0.1) is 0 Å². The number of carbonyl (C=O) groups is 1. The Kier molecular flexibility index (Phi) is 3.10. The smallest absolute Gasteiger partial charge is 0.265 e. The number of anilines is 2. The number of aldehydes is 1. The van der Waals surface area contributed by atoms with Crippen molar-refractivity contribution >= 4 is 18.1 Å². The minimum Gasteiger partial charge on any atom is -0.383 e. The highest BCUT2D eigenvalue weighted by Gasteiger charge is 2.17. The number of aromatic nitrogens is 2. The lowest BCUT2D eigenvalue weighted by molar-refractivity contribution is 0.112. The Hall–Kier alpha value is -1.89. The minimum absolute atomic E-state index is 0.0160. The molecule has 1 saturated heterocycles. The van der Waals surface area contributed by atoms with E-state index in [1.165, 1.54) is 0 Å². The van der Waals surface area contributed by atoms with Crippen LogP contribution in [-0.4, -0.2) is 54.4 Å². The van der Waals surface area contributed by atoms with E-state index in [4.69, 9.17) is 5.73 Å². The van der Waals surface area contributed by atoms with Gasteiger partial charge in [-0.3, -0.25) is 14.6 Å². The van der Waals surface area contributed by atoms with Gasteiger partial charge in [0.05, 0.1) is 0 Å². The van der Waals surface area contributed by atoms with Crippen LogP contribution < -0.4 is 16.2 Å². The van der Waals surface area contributed by atoms with Gasteiger partial charge in [-0.05, 0) is 7.05 Å². The molecule has 0 aliphatic carbocycles. The van der Waals surface area contributed by atoms with Gasteiger partial charge in [-0.1, -0.05) is 0 Å². The number of nitrogen functional groups attached to an aromatic ring is 1. The zero-order chi connectivity index (χ0) is 12.4. The average Bonchev–Trinajstić information content (AvgIpc) is 2.29. The summed E-state index contributed by atoms with van der Waals surface area (Å²) in [7, 11) is 2.04. The molecule has 1 fully saturated rings. The van der Waals surface area contributed by atoms with Gasteiger partial charge in [0.15, 0.2) is 6.29 Å². The average molecular weight is 237 g/mol. The van der Waals surface area contributed by atoms with E-state index >= 15 is 0 Å². The van der Waals surface area contributed by atoms with E-state index in [0.29, 0.717) is 12.2 Å². The molecule has 1 aliphatic rings. The minimum atomic E-state index is -0.485.